The largest absolute Gasteiger partial charge is 0.459 e. The van der Waals surface area contributed by atoms with Crippen LogP contribution in [0.2, 0.25) is 0 Å². The summed E-state index contributed by atoms with van der Waals surface area (Å²) < 4.78 is 5.81. The van der Waals surface area contributed by atoms with Crippen LogP contribution < -0.4 is 0 Å². The summed E-state index contributed by atoms with van der Waals surface area (Å²) in [6, 6.07) is 9.74. The zero-order valence-electron chi connectivity index (χ0n) is 16.6. The topological polar surface area (TPSA) is 59.0 Å². The summed E-state index contributed by atoms with van der Waals surface area (Å²) in [5.41, 5.74) is 1.08. The number of hydrogen-bond acceptors (Lipinski definition) is 4. The van der Waals surface area contributed by atoms with Gasteiger partial charge in [0, 0.05) is 32.0 Å². The Bertz CT molecular complexity index is 812. The van der Waals surface area contributed by atoms with E-state index in [4.69, 9.17) is 4.74 Å². The molecule has 2 heterocycles. The van der Waals surface area contributed by atoms with E-state index in [1.54, 1.807) is 6.08 Å². The minimum Gasteiger partial charge on any atom is -0.459 e. The lowest BCUT2D eigenvalue weighted by Crippen LogP contribution is -2.46. The van der Waals surface area contributed by atoms with Crippen molar-refractivity contribution in [1.29, 1.82) is 0 Å². The number of benzene rings is 1. The second-order valence-electron chi connectivity index (χ2n) is 8.75. The number of ether oxygens (including phenoxy) is 1. The molecule has 1 amide bonds. The van der Waals surface area contributed by atoms with Crippen molar-refractivity contribution in [3.8, 4) is 0 Å². The lowest BCUT2D eigenvalue weighted by Gasteiger charge is -2.46. The maximum Gasteiger partial charge on any atom is 0.331 e. The van der Waals surface area contributed by atoms with E-state index in [1.807, 2.05) is 35.2 Å². The molecular weight excluding hydrogens is 352 g/mol. The minimum absolute atomic E-state index is 0.100. The summed E-state index contributed by atoms with van der Waals surface area (Å²) in [6.45, 7) is 5.87. The Morgan fingerprint density at radius 1 is 1.21 bits per heavy atom. The van der Waals surface area contributed by atoms with Crippen LogP contribution in [0.15, 0.2) is 41.4 Å². The molecule has 2 bridgehead atoms. The average Bonchev–Trinajstić information content (AvgIpc) is 2.72. The van der Waals surface area contributed by atoms with E-state index < -0.39 is 0 Å². The molecule has 2 fully saturated rings. The van der Waals surface area contributed by atoms with E-state index in [0.717, 1.165) is 30.7 Å². The number of nitrogens with zero attached hydrogens (tertiary/aromatic N) is 2. The van der Waals surface area contributed by atoms with Crippen LogP contribution in [-0.2, 0) is 14.3 Å². The zero-order valence-corrected chi connectivity index (χ0v) is 16.6. The summed E-state index contributed by atoms with van der Waals surface area (Å²) in [4.78, 5) is 31.3. The van der Waals surface area contributed by atoms with E-state index in [1.165, 1.54) is 6.08 Å². The number of rotatable bonds is 3. The van der Waals surface area contributed by atoms with E-state index in [-0.39, 0.29) is 23.4 Å². The van der Waals surface area contributed by atoms with Gasteiger partial charge in [-0.25, -0.2) is 4.79 Å². The summed E-state index contributed by atoms with van der Waals surface area (Å²) >= 11 is 0. The van der Waals surface area contributed by atoms with Crippen LogP contribution >= 0.6 is 0 Å². The number of aliphatic imine (C=N–C) groups is 1. The highest BCUT2D eigenvalue weighted by Crippen LogP contribution is 2.50. The second-order valence-corrected chi connectivity index (χ2v) is 8.75. The van der Waals surface area contributed by atoms with Crippen molar-refractivity contribution in [3.05, 3.63) is 42.0 Å². The van der Waals surface area contributed by atoms with Crippen LogP contribution in [0.4, 0.5) is 0 Å². The van der Waals surface area contributed by atoms with E-state index in [2.05, 4.69) is 18.8 Å². The number of fused-ring (bicyclic) bond motifs is 3. The Morgan fingerprint density at radius 2 is 1.96 bits per heavy atom. The van der Waals surface area contributed by atoms with Crippen molar-refractivity contribution in [2.45, 2.75) is 45.6 Å². The van der Waals surface area contributed by atoms with Gasteiger partial charge in [0.15, 0.2) is 0 Å². The fourth-order valence-corrected chi connectivity index (χ4v) is 4.82. The van der Waals surface area contributed by atoms with Crippen molar-refractivity contribution in [2.24, 2.45) is 22.2 Å². The predicted molar refractivity (Wildman–Crippen MR) is 109 cm³/mol. The van der Waals surface area contributed by atoms with Gasteiger partial charge >= 0.3 is 5.97 Å². The number of carbonyl (C=O) groups is 2. The van der Waals surface area contributed by atoms with Crippen molar-refractivity contribution in [2.75, 3.05) is 13.1 Å². The van der Waals surface area contributed by atoms with Gasteiger partial charge in [-0.3, -0.25) is 9.79 Å². The highest BCUT2D eigenvalue weighted by atomic mass is 16.5. The first-order valence-electron chi connectivity index (χ1n) is 10.2. The van der Waals surface area contributed by atoms with Crippen LogP contribution in [0.5, 0.6) is 0 Å². The van der Waals surface area contributed by atoms with Crippen LogP contribution in [-0.4, -0.2) is 41.8 Å². The first-order valence-corrected chi connectivity index (χ1v) is 10.2. The third-order valence-corrected chi connectivity index (χ3v) is 6.76. The van der Waals surface area contributed by atoms with Gasteiger partial charge in [-0.1, -0.05) is 44.2 Å². The van der Waals surface area contributed by atoms with Gasteiger partial charge in [-0.2, -0.15) is 0 Å². The van der Waals surface area contributed by atoms with Gasteiger partial charge in [-0.15, -0.1) is 0 Å². The van der Waals surface area contributed by atoms with Gasteiger partial charge in [0.2, 0.25) is 5.91 Å². The van der Waals surface area contributed by atoms with Gasteiger partial charge in [0.1, 0.15) is 11.9 Å². The maximum atomic E-state index is 12.4. The number of carbonyl (C=O) groups excluding carboxylic acids is 2. The van der Waals surface area contributed by atoms with E-state index in [9.17, 15) is 9.59 Å². The Morgan fingerprint density at radius 3 is 2.75 bits per heavy atom. The Labute approximate surface area is 166 Å². The highest BCUT2D eigenvalue weighted by Gasteiger charge is 2.49. The molecule has 1 saturated carbocycles. The summed E-state index contributed by atoms with van der Waals surface area (Å²) in [5, 5.41) is 0. The molecular formula is C23H28N2O3. The zero-order chi connectivity index (χ0) is 19.7. The number of esters is 1. The SMILES string of the molecule is CC1(C)C2CC3=NCCC(=O)N3CC1C[C@@H](OC(=O)/C=C/c1ccccc1)C2. The molecule has 28 heavy (non-hydrogen) atoms. The highest BCUT2D eigenvalue weighted by molar-refractivity contribution is 6.00. The Hall–Kier alpha value is -2.43. The first-order chi connectivity index (χ1) is 13.4. The fourth-order valence-electron chi connectivity index (χ4n) is 4.82. The summed E-state index contributed by atoms with van der Waals surface area (Å²) in [5.74, 6) is 1.49. The Kier molecular flexibility index (Phi) is 5.09. The average molecular weight is 380 g/mol. The predicted octanol–water partition coefficient (Wildman–Crippen LogP) is 3.70. The normalized spacial score (nSPS) is 29.1. The molecule has 5 nitrogen and oxygen atoms in total. The number of hydrogen-bond donors (Lipinski definition) is 0. The maximum absolute atomic E-state index is 12.4. The van der Waals surface area contributed by atoms with Crippen molar-refractivity contribution in [1.82, 2.24) is 4.90 Å². The molecule has 0 aromatic heterocycles. The molecule has 0 radical (unpaired) electrons. The molecule has 1 saturated heterocycles. The molecule has 2 aliphatic heterocycles. The molecule has 4 rings (SSSR count). The van der Waals surface area contributed by atoms with Crippen molar-refractivity contribution >= 4 is 23.8 Å². The van der Waals surface area contributed by atoms with Crippen LogP contribution in [0.3, 0.4) is 0 Å². The van der Waals surface area contributed by atoms with Crippen LogP contribution in [0.25, 0.3) is 6.08 Å². The van der Waals surface area contributed by atoms with Crippen LogP contribution in [0, 0.1) is 17.3 Å². The third-order valence-electron chi connectivity index (χ3n) is 6.76. The molecule has 5 heteroatoms. The lowest BCUT2D eigenvalue weighted by atomic mass is 9.61. The lowest BCUT2D eigenvalue weighted by molar-refractivity contribution is -0.149. The quantitative estimate of drug-likeness (QED) is 0.593. The third kappa shape index (κ3) is 3.75. The molecule has 3 atom stereocenters. The van der Waals surface area contributed by atoms with Gasteiger partial charge < -0.3 is 9.64 Å². The Balaban J connectivity index is 1.46. The molecule has 2 unspecified atom stereocenters. The van der Waals surface area contributed by atoms with Crippen molar-refractivity contribution in [3.63, 3.8) is 0 Å². The van der Waals surface area contributed by atoms with E-state index >= 15 is 0 Å². The van der Waals surface area contributed by atoms with Crippen molar-refractivity contribution < 1.29 is 14.3 Å². The van der Waals surface area contributed by atoms with Crippen LogP contribution in [0.1, 0.15) is 45.1 Å². The fraction of sp³-hybridized carbons (Fsp3) is 0.522. The van der Waals surface area contributed by atoms with Gasteiger partial charge in [0.05, 0.1) is 0 Å². The first kappa shape index (κ1) is 18.9. The molecule has 3 aliphatic rings. The standard InChI is InChI=1S/C23H28N2O3/c1-23(2)17-12-19(28-22(27)9-8-16-6-4-3-5-7-16)13-18(23)15-25-20(14-17)24-11-10-21(25)26/h3-9,17-19H,10-15H2,1-2H3/b9-8+/t17?,18?,19-/m0/s1. The summed E-state index contributed by atoms with van der Waals surface area (Å²) in [6.07, 6.45) is 6.12. The van der Waals surface area contributed by atoms with Gasteiger partial charge in [0.25, 0.3) is 0 Å². The monoisotopic (exact) mass is 380 g/mol. The molecule has 0 N–H and O–H groups in total. The molecule has 148 valence electrons. The number of amidine groups is 1. The molecule has 1 aliphatic carbocycles. The van der Waals surface area contributed by atoms with E-state index in [0.29, 0.717) is 31.3 Å². The molecule has 0 spiro atoms. The van der Waals surface area contributed by atoms with Gasteiger partial charge in [-0.05, 0) is 41.7 Å². The minimum atomic E-state index is -0.295. The summed E-state index contributed by atoms with van der Waals surface area (Å²) in [7, 11) is 0. The smallest absolute Gasteiger partial charge is 0.331 e. The molecule has 1 aromatic carbocycles. The molecule has 1 aromatic rings. The second kappa shape index (κ2) is 7.53. The number of amides is 1.